The van der Waals surface area contributed by atoms with Gasteiger partial charge in [-0.1, -0.05) is 60.7 Å². The van der Waals surface area contributed by atoms with E-state index in [0.717, 1.165) is 37.1 Å². The fourth-order valence-corrected chi connectivity index (χ4v) is 3.26. The Bertz CT molecular complexity index is 573. The van der Waals surface area contributed by atoms with Crippen LogP contribution in [0.3, 0.4) is 0 Å². The number of Topliss-reactive ketones (excluding diaryl/α,β-unsaturated/α-hetero) is 1. The molecule has 1 saturated heterocycles. The minimum Gasteiger partial charge on any atom is -0.317 e. The molecule has 1 fully saturated rings. The van der Waals surface area contributed by atoms with Crippen molar-refractivity contribution < 1.29 is 4.79 Å². The Hall–Kier alpha value is -1.93. The highest BCUT2D eigenvalue weighted by molar-refractivity contribution is 6.01. The molecule has 0 radical (unpaired) electrons. The zero-order valence-corrected chi connectivity index (χ0v) is 12.2. The molecule has 2 nitrogen and oxygen atoms in total. The van der Waals surface area contributed by atoms with Crippen LogP contribution in [-0.2, 0) is 0 Å². The summed E-state index contributed by atoms with van der Waals surface area (Å²) >= 11 is 0. The molecule has 108 valence electrons. The van der Waals surface area contributed by atoms with Crippen LogP contribution in [0.4, 0.5) is 0 Å². The quantitative estimate of drug-likeness (QED) is 0.866. The number of carbonyl (C=O) groups is 1. The lowest BCUT2D eigenvalue weighted by molar-refractivity contribution is 0.0916. The number of hydrogen-bond acceptors (Lipinski definition) is 2. The number of benzene rings is 2. The van der Waals surface area contributed by atoms with Gasteiger partial charge in [-0.05, 0) is 37.4 Å². The van der Waals surface area contributed by atoms with Crippen molar-refractivity contribution >= 4 is 5.78 Å². The van der Waals surface area contributed by atoms with Crippen LogP contribution in [0.2, 0.25) is 0 Å². The fourth-order valence-electron chi connectivity index (χ4n) is 3.26. The Kier molecular flexibility index (Phi) is 4.46. The van der Waals surface area contributed by atoms with Crippen LogP contribution in [0, 0.1) is 5.92 Å². The molecule has 3 rings (SSSR count). The maximum atomic E-state index is 13.0. The van der Waals surface area contributed by atoms with Gasteiger partial charge < -0.3 is 5.32 Å². The van der Waals surface area contributed by atoms with Crippen LogP contribution in [0.15, 0.2) is 60.7 Å². The Morgan fingerprint density at radius 3 is 2.10 bits per heavy atom. The van der Waals surface area contributed by atoms with Crippen molar-refractivity contribution in [2.75, 3.05) is 13.1 Å². The number of nitrogens with one attached hydrogen (secondary N) is 1. The van der Waals surface area contributed by atoms with Gasteiger partial charge in [-0.2, -0.15) is 0 Å². The van der Waals surface area contributed by atoms with E-state index in [1.807, 2.05) is 48.5 Å². The lowest BCUT2D eigenvalue weighted by atomic mass is 9.76. The summed E-state index contributed by atoms with van der Waals surface area (Å²) in [5, 5.41) is 3.39. The highest BCUT2D eigenvalue weighted by Crippen LogP contribution is 2.33. The smallest absolute Gasteiger partial charge is 0.170 e. The molecule has 1 heterocycles. The molecule has 0 aromatic heterocycles. The van der Waals surface area contributed by atoms with Gasteiger partial charge in [0.25, 0.3) is 0 Å². The molecule has 1 aliphatic heterocycles. The molecule has 1 aliphatic rings. The fraction of sp³-hybridized carbons (Fsp3) is 0.316. The van der Waals surface area contributed by atoms with Gasteiger partial charge in [-0.25, -0.2) is 0 Å². The van der Waals surface area contributed by atoms with Crippen molar-refractivity contribution in [1.29, 1.82) is 0 Å². The molecule has 2 aromatic carbocycles. The SMILES string of the molecule is O=C(c1ccccc1)C(c1ccccc1)C1CCNCC1. The van der Waals surface area contributed by atoms with Crippen LogP contribution in [0.25, 0.3) is 0 Å². The van der Waals surface area contributed by atoms with E-state index in [1.54, 1.807) is 0 Å². The second-order valence-corrected chi connectivity index (χ2v) is 5.71. The Balaban J connectivity index is 1.94. The third kappa shape index (κ3) is 3.22. The predicted molar refractivity (Wildman–Crippen MR) is 85.5 cm³/mol. The Morgan fingerprint density at radius 2 is 1.48 bits per heavy atom. The zero-order valence-electron chi connectivity index (χ0n) is 12.2. The zero-order chi connectivity index (χ0) is 14.5. The summed E-state index contributed by atoms with van der Waals surface area (Å²) in [6.45, 7) is 2.02. The maximum Gasteiger partial charge on any atom is 0.170 e. The molecule has 0 bridgehead atoms. The molecule has 0 amide bonds. The van der Waals surface area contributed by atoms with Crippen molar-refractivity contribution in [2.45, 2.75) is 18.8 Å². The molecule has 21 heavy (non-hydrogen) atoms. The number of ketones is 1. The summed E-state index contributed by atoms with van der Waals surface area (Å²) in [6.07, 6.45) is 2.14. The number of piperidine rings is 1. The van der Waals surface area contributed by atoms with Crippen LogP contribution in [0.5, 0.6) is 0 Å². The third-order valence-electron chi connectivity index (χ3n) is 4.35. The first kappa shape index (κ1) is 14.0. The first-order valence-corrected chi connectivity index (χ1v) is 7.71. The molecule has 0 spiro atoms. The van der Waals surface area contributed by atoms with Crippen molar-refractivity contribution in [3.63, 3.8) is 0 Å². The largest absolute Gasteiger partial charge is 0.317 e. The number of hydrogen-bond donors (Lipinski definition) is 1. The van der Waals surface area contributed by atoms with E-state index < -0.39 is 0 Å². The first-order chi connectivity index (χ1) is 10.4. The maximum absolute atomic E-state index is 13.0. The van der Waals surface area contributed by atoms with Crippen molar-refractivity contribution in [1.82, 2.24) is 5.32 Å². The van der Waals surface area contributed by atoms with Crippen LogP contribution in [-0.4, -0.2) is 18.9 Å². The monoisotopic (exact) mass is 279 g/mol. The van der Waals surface area contributed by atoms with E-state index >= 15 is 0 Å². The summed E-state index contributed by atoms with van der Waals surface area (Å²) in [4.78, 5) is 13.0. The molecule has 1 N–H and O–H groups in total. The molecule has 0 saturated carbocycles. The van der Waals surface area contributed by atoms with E-state index in [2.05, 4.69) is 17.4 Å². The molecule has 2 heteroatoms. The molecular weight excluding hydrogens is 258 g/mol. The van der Waals surface area contributed by atoms with Gasteiger partial charge in [0.2, 0.25) is 0 Å². The Morgan fingerprint density at radius 1 is 0.905 bits per heavy atom. The van der Waals surface area contributed by atoms with Gasteiger partial charge >= 0.3 is 0 Å². The average Bonchev–Trinajstić information content (AvgIpc) is 2.58. The van der Waals surface area contributed by atoms with E-state index in [4.69, 9.17) is 0 Å². The van der Waals surface area contributed by atoms with E-state index in [1.165, 1.54) is 0 Å². The predicted octanol–water partition coefficient (Wildman–Crippen LogP) is 3.65. The Labute approximate surface area is 126 Å². The normalized spacial score (nSPS) is 17.3. The molecule has 1 unspecified atom stereocenters. The summed E-state index contributed by atoms with van der Waals surface area (Å²) < 4.78 is 0. The van der Waals surface area contributed by atoms with Gasteiger partial charge in [0.1, 0.15) is 0 Å². The standard InChI is InChI=1S/C19H21NO/c21-19(17-9-5-2-6-10-17)18(15-7-3-1-4-8-15)16-11-13-20-14-12-16/h1-10,16,18,20H,11-14H2. The van der Waals surface area contributed by atoms with Gasteiger partial charge in [-0.15, -0.1) is 0 Å². The first-order valence-electron chi connectivity index (χ1n) is 7.71. The van der Waals surface area contributed by atoms with Gasteiger partial charge in [0.15, 0.2) is 5.78 Å². The van der Waals surface area contributed by atoms with Crippen LogP contribution in [0.1, 0.15) is 34.7 Å². The van der Waals surface area contributed by atoms with Gasteiger partial charge in [-0.3, -0.25) is 4.79 Å². The van der Waals surface area contributed by atoms with Gasteiger partial charge in [0, 0.05) is 5.56 Å². The summed E-state index contributed by atoms with van der Waals surface area (Å²) in [5.41, 5.74) is 1.98. The minimum absolute atomic E-state index is 0.0179. The van der Waals surface area contributed by atoms with Crippen molar-refractivity contribution in [3.05, 3.63) is 71.8 Å². The second-order valence-electron chi connectivity index (χ2n) is 5.71. The molecule has 0 aliphatic carbocycles. The number of carbonyl (C=O) groups excluding carboxylic acids is 1. The number of rotatable bonds is 4. The summed E-state index contributed by atoms with van der Waals surface area (Å²) in [5.74, 6) is 0.672. The molecular formula is C19H21NO. The van der Waals surface area contributed by atoms with Crippen molar-refractivity contribution in [2.24, 2.45) is 5.92 Å². The highest BCUT2D eigenvalue weighted by Gasteiger charge is 2.31. The lowest BCUT2D eigenvalue weighted by Gasteiger charge is -2.30. The second kappa shape index (κ2) is 6.68. The third-order valence-corrected chi connectivity index (χ3v) is 4.35. The summed E-state index contributed by atoms with van der Waals surface area (Å²) in [7, 11) is 0. The minimum atomic E-state index is -0.0179. The van der Waals surface area contributed by atoms with Crippen LogP contribution < -0.4 is 5.32 Å². The van der Waals surface area contributed by atoms with Crippen LogP contribution >= 0.6 is 0 Å². The molecule has 2 aromatic rings. The van der Waals surface area contributed by atoms with E-state index in [-0.39, 0.29) is 11.7 Å². The molecule has 1 atom stereocenters. The van der Waals surface area contributed by atoms with Crippen molar-refractivity contribution in [3.8, 4) is 0 Å². The average molecular weight is 279 g/mol. The lowest BCUT2D eigenvalue weighted by Crippen LogP contribution is -2.33. The topological polar surface area (TPSA) is 29.1 Å². The van der Waals surface area contributed by atoms with E-state index in [9.17, 15) is 4.79 Å². The highest BCUT2D eigenvalue weighted by atomic mass is 16.1. The van der Waals surface area contributed by atoms with Gasteiger partial charge in [0.05, 0.1) is 5.92 Å². The van der Waals surface area contributed by atoms with E-state index in [0.29, 0.717) is 5.92 Å². The summed E-state index contributed by atoms with van der Waals surface area (Å²) in [6, 6.07) is 20.0.